The van der Waals surface area contributed by atoms with Gasteiger partial charge in [-0.2, -0.15) is 0 Å². The molecule has 1 aromatic carbocycles. The Morgan fingerprint density at radius 3 is 2.46 bits per heavy atom. The predicted molar refractivity (Wildman–Crippen MR) is 112 cm³/mol. The van der Waals surface area contributed by atoms with Crippen LogP contribution in [-0.4, -0.2) is 42.9 Å². The molecule has 2 aromatic rings. The van der Waals surface area contributed by atoms with Crippen LogP contribution in [0.1, 0.15) is 28.2 Å². The van der Waals surface area contributed by atoms with E-state index in [0.29, 0.717) is 13.1 Å². The molecule has 2 amide bonds. The minimum Gasteiger partial charge on any atom is -0.369 e. The van der Waals surface area contributed by atoms with Crippen LogP contribution in [0.2, 0.25) is 0 Å². The van der Waals surface area contributed by atoms with Crippen LogP contribution in [0, 0.1) is 12.8 Å². The fourth-order valence-corrected chi connectivity index (χ4v) is 4.68. The highest BCUT2D eigenvalue weighted by molar-refractivity contribution is 7.11. The Morgan fingerprint density at radius 1 is 1.14 bits per heavy atom. The maximum atomic E-state index is 13.1. The second-order valence-corrected chi connectivity index (χ2v) is 9.04. The number of hydrogen-bond acceptors (Lipinski definition) is 3. The number of carbonyl (C=O) groups excluding carboxylic acids is 2. The van der Waals surface area contributed by atoms with Crippen LogP contribution in [-0.2, 0) is 22.6 Å². The first-order valence-electron chi connectivity index (χ1n) is 10.0. The first-order chi connectivity index (χ1) is 13.5. The van der Waals surface area contributed by atoms with Crippen molar-refractivity contribution in [3.05, 3.63) is 57.8 Å². The highest BCUT2D eigenvalue weighted by Gasteiger charge is 2.28. The Hall–Kier alpha value is -2.18. The Kier molecular flexibility index (Phi) is 7.23. The van der Waals surface area contributed by atoms with Gasteiger partial charge in [-0.3, -0.25) is 9.59 Å². The first-order valence-corrected chi connectivity index (χ1v) is 10.8. The van der Waals surface area contributed by atoms with Gasteiger partial charge in [-0.1, -0.05) is 30.3 Å². The number of quaternary nitrogens is 1. The lowest BCUT2D eigenvalue weighted by Crippen LogP contribution is -3.14. The van der Waals surface area contributed by atoms with Crippen LogP contribution in [0.4, 0.5) is 0 Å². The molecule has 2 heterocycles. The van der Waals surface area contributed by atoms with Crippen LogP contribution in [0.3, 0.4) is 0 Å². The van der Waals surface area contributed by atoms with E-state index in [1.807, 2.05) is 23.1 Å². The van der Waals surface area contributed by atoms with Crippen LogP contribution in [0.5, 0.6) is 0 Å². The maximum absolute atomic E-state index is 13.1. The van der Waals surface area contributed by atoms with Crippen molar-refractivity contribution in [2.45, 2.75) is 32.7 Å². The Morgan fingerprint density at radius 2 is 1.86 bits per heavy atom. The molecule has 5 nitrogen and oxygen atoms in total. The minimum absolute atomic E-state index is 0.0258. The first kappa shape index (κ1) is 20.6. The molecular formula is C22H30N3O2S+. The van der Waals surface area contributed by atoms with Crippen LogP contribution in [0.15, 0.2) is 42.5 Å². The van der Waals surface area contributed by atoms with Gasteiger partial charge in [-0.25, -0.2) is 0 Å². The molecule has 0 aliphatic carbocycles. The molecule has 150 valence electrons. The summed E-state index contributed by atoms with van der Waals surface area (Å²) in [6.07, 6.45) is 2.42. The Balaban J connectivity index is 1.60. The van der Waals surface area contributed by atoms with Crippen molar-refractivity contribution in [1.82, 2.24) is 4.90 Å². The van der Waals surface area contributed by atoms with E-state index in [2.05, 4.69) is 31.2 Å². The molecule has 6 heteroatoms. The number of hydrogen-bond donors (Lipinski definition) is 2. The van der Waals surface area contributed by atoms with Gasteiger partial charge in [0.1, 0.15) is 0 Å². The zero-order valence-electron chi connectivity index (χ0n) is 16.5. The number of nitrogens with one attached hydrogen (secondary N) is 1. The molecule has 3 N–H and O–H groups in total. The lowest BCUT2D eigenvalue weighted by Gasteiger charge is -2.29. The van der Waals surface area contributed by atoms with E-state index in [9.17, 15) is 9.59 Å². The van der Waals surface area contributed by atoms with Gasteiger partial charge in [0.2, 0.25) is 5.91 Å². The number of likely N-dealkylation sites (tertiary alicyclic amines) is 1. The fraction of sp³-hybridized carbons (Fsp3) is 0.455. The zero-order valence-corrected chi connectivity index (χ0v) is 17.3. The van der Waals surface area contributed by atoms with Gasteiger partial charge >= 0.3 is 0 Å². The highest BCUT2D eigenvalue weighted by Crippen LogP contribution is 2.17. The molecule has 1 aliphatic rings. The lowest BCUT2D eigenvalue weighted by molar-refractivity contribution is -0.898. The molecule has 3 rings (SSSR count). The molecule has 0 atom stereocenters. The van der Waals surface area contributed by atoms with Crippen LogP contribution < -0.4 is 10.6 Å². The minimum atomic E-state index is -0.206. The van der Waals surface area contributed by atoms with Crippen LogP contribution >= 0.6 is 11.3 Å². The molecule has 28 heavy (non-hydrogen) atoms. The lowest BCUT2D eigenvalue weighted by atomic mass is 9.96. The summed E-state index contributed by atoms with van der Waals surface area (Å²) >= 11 is 1.75. The SMILES string of the molecule is Cc1ccc(CN(CCc2ccccc2)C(=O)C[NH+]2CCC(C(N)=O)CC2)s1. The Labute approximate surface area is 171 Å². The van der Waals surface area contributed by atoms with Crippen molar-refractivity contribution in [2.75, 3.05) is 26.2 Å². The number of nitrogens with two attached hydrogens (primary N) is 1. The van der Waals surface area contributed by atoms with Crippen molar-refractivity contribution in [1.29, 1.82) is 0 Å². The average Bonchev–Trinajstić information content (AvgIpc) is 3.11. The standard InChI is InChI=1S/C22H29N3O2S/c1-17-7-8-20(28-17)15-25(14-9-18-5-3-2-4-6-18)21(26)16-24-12-10-19(11-13-24)22(23)27/h2-8,19H,9-16H2,1H3,(H2,23,27)/p+1. The monoisotopic (exact) mass is 400 g/mol. The quantitative estimate of drug-likeness (QED) is 0.704. The van der Waals surface area contributed by atoms with Gasteiger partial charge in [0.05, 0.1) is 19.6 Å². The summed E-state index contributed by atoms with van der Waals surface area (Å²) in [7, 11) is 0. The topological polar surface area (TPSA) is 67.8 Å². The van der Waals surface area contributed by atoms with Gasteiger partial charge in [0.25, 0.3) is 5.91 Å². The number of carbonyl (C=O) groups is 2. The number of primary amides is 1. The Bertz CT molecular complexity index is 782. The number of piperidine rings is 1. The largest absolute Gasteiger partial charge is 0.369 e. The second-order valence-electron chi connectivity index (χ2n) is 7.67. The summed E-state index contributed by atoms with van der Waals surface area (Å²) in [5.74, 6) is -0.0421. The van der Waals surface area contributed by atoms with Gasteiger partial charge in [0.15, 0.2) is 6.54 Å². The van der Waals surface area contributed by atoms with Crippen molar-refractivity contribution >= 4 is 23.2 Å². The summed E-state index contributed by atoms with van der Waals surface area (Å²) in [6.45, 7) is 5.65. The van der Waals surface area contributed by atoms with E-state index < -0.39 is 0 Å². The molecule has 0 saturated carbocycles. The molecule has 1 fully saturated rings. The van der Waals surface area contributed by atoms with Gasteiger partial charge in [-0.05, 0) is 31.0 Å². The molecule has 0 radical (unpaired) electrons. The summed E-state index contributed by atoms with van der Waals surface area (Å²) < 4.78 is 0. The fourth-order valence-electron chi connectivity index (χ4n) is 3.77. The summed E-state index contributed by atoms with van der Waals surface area (Å²) in [4.78, 5) is 30.2. The van der Waals surface area contributed by atoms with Gasteiger partial charge in [-0.15, -0.1) is 11.3 Å². The number of thiophene rings is 1. The van der Waals surface area contributed by atoms with E-state index in [1.54, 1.807) is 11.3 Å². The molecule has 1 aliphatic heterocycles. The smallest absolute Gasteiger partial charge is 0.278 e. The zero-order chi connectivity index (χ0) is 19.9. The van der Waals surface area contributed by atoms with E-state index in [0.717, 1.165) is 38.9 Å². The number of amides is 2. The van der Waals surface area contributed by atoms with E-state index >= 15 is 0 Å². The van der Waals surface area contributed by atoms with E-state index in [4.69, 9.17) is 5.73 Å². The summed E-state index contributed by atoms with van der Waals surface area (Å²) in [5.41, 5.74) is 6.67. The molecule has 1 saturated heterocycles. The third-order valence-electron chi connectivity index (χ3n) is 5.50. The molecule has 0 unspecified atom stereocenters. The third kappa shape index (κ3) is 5.91. The summed E-state index contributed by atoms with van der Waals surface area (Å²) in [5, 5.41) is 0. The average molecular weight is 401 g/mol. The van der Waals surface area contributed by atoms with E-state index in [-0.39, 0.29) is 17.7 Å². The van der Waals surface area contributed by atoms with Gasteiger partial charge < -0.3 is 15.5 Å². The van der Waals surface area contributed by atoms with Crippen molar-refractivity contribution in [3.63, 3.8) is 0 Å². The van der Waals surface area contributed by atoms with Crippen molar-refractivity contribution in [2.24, 2.45) is 11.7 Å². The number of benzene rings is 1. The number of rotatable bonds is 8. The van der Waals surface area contributed by atoms with Crippen molar-refractivity contribution < 1.29 is 14.5 Å². The molecule has 0 spiro atoms. The maximum Gasteiger partial charge on any atom is 0.278 e. The normalized spacial score (nSPS) is 19.3. The second kappa shape index (κ2) is 9.85. The summed E-state index contributed by atoms with van der Waals surface area (Å²) in [6, 6.07) is 14.5. The number of nitrogens with zero attached hydrogens (tertiary/aromatic N) is 1. The van der Waals surface area contributed by atoms with Gasteiger partial charge in [0, 0.05) is 35.1 Å². The number of aryl methyl sites for hydroxylation is 1. The van der Waals surface area contributed by atoms with Crippen LogP contribution in [0.25, 0.3) is 0 Å². The third-order valence-corrected chi connectivity index (χ3v) is 6.49. The molecular weight excluding hydrogens is 370 g/mol. The molecule has 0 bridgehead atoms. The highest BCUT2D eigenvalue weighted by atomic mass is 32.1. The van der Waals surface area contributed by atoms with E-state index in [1.165, 1.54) is 20.2 Å². The van der Waals surface area contributed by atoms with Crippen molar-refractivity contribution in [3.8, 4) is 0 Å². The molecule has 1 aromatic heterocycles. The predicted octanol–water partition coefficient (Wildman–Crippen LogP) is 1.41.